The minimum absolute atomic E-state index is 0.0179. The largest absolute Gasteiger partial charge is 0.545 e. The number of esters is 2. The number of phosphoric ester groups is 1. The Bertz CT molecular complexity index is 2550. The molecule has 3 N–H and O–H groups in total. The molecule has 2 aromatic rings. The van der Waals surface area contributed by atoms with Crippen LogP contribution in [0.5, 0.6) is 0 Å². The third-order valence-corrected chi connectivity index (χ3v) is 15.5. The molecule has 4 rings (SSSR count). The number of phosphoric acid groups is 1. The molecular formula is C62H95N4O11PS. The Morgan fingerprint density at radius 3 is 1.76 bits per heavy atom. The minimum atomic E-state index is -4.68. The number of fused-ring (bicyclic) bond motifs is 2. The first-order chi connectivity index (χ1) is 38.1. The molecule has 0 amide bonds. The number of thiocarbonyl (C=S) groups is 1. The van der Waals surface area contributed by atoms with Gasteiger partial charge < -0.3 is 44.2 Å². The quantitative estimate of drug-likeness (QED) is 0.00947. The highest BCUT2D eigenvalue weighted by Gasteiger charge is 2.27. The van der Waals surface area contributed by atoms with Crippen LogP contribution in [-0.4, -0.2) is 88.6 Å². The van der Waals surface area contributed by atoms with E-state index in [2.05, 4.69) is 24.5 Å². The average Bonchev–Trinajstić information content (AvgIpc) is 3.62. The van der Waals surface area contributed by atoms with E-state index in [1.54, 1.807) is 12.1 Å². The SMILES string of the molecule is CCCCCCCCCCCCCCCC(=O)OC[C@H](COP(=O)(O)OCCNC(=S)Nc1ccc(C(=O)[O-])c(-c2c3ccc(=[N+](C)C)cc-3oc3cc(N(C)C)ccc23)c1)OC(=O)CCCCCCCCCCCCCCC. The van der Waals surface area contributed by atoms with Crippen molar-refractivity contribution in [1.82, 2.24) is 9.89 Å². The number of hydrogen-bond donors (Lipinski definition) is 3. The van der Waals surface area contributed by atoms with E-state index >= 15 is 0 Å². The van der Waals surface area contributed by atoms with E-state index in [-0.39, 0.29) is 43.3 Å². The number of carbonyl (C=O) groups is 3. The molecule has 0 bridgehead atoms. The molecule has 0 aromatic heterocycles. The van der Waals surface area contributed by atoms with Gasteiger partial charge in [0.2, 0.25) is 5.36 Å². The van der Waals surface area contributed by atoms with Crippen LogP contribution in [0, 0.1) is 0 Å². The van der Waals surface area contributed by atoms with Gasteiger partial charge in [-0.25, -0.2) is 9.14 Å². The Morgan fingerprint density at radius 1 is 0.684 bits per heavy atom. The molecule has 440 valence electrons. The van der Waals surface area contributed by atoms with Crippen LogP contribution < -0.4 is 30.6 Å². The van der Waals surface area contributed by atoms with E-state index in [4.69, 9.17) is 35.2 Å². The van der Waals surface area contributed by atoms with Crippen LogP contribution in [-0.2, 0) is 32.7 Å². The second-order valence-corrected chi connectivity index (χ2v) is 23.3. The number of anilines is 2. The van der Waals surface area contributed by atoms with Crippen LogP contribution in [0.1, 0.15) is 204 Å². The second kappa shape index (κ2) is 38.0. The lowest BCUT2D eigenvalue weighted by Gasteiger charge is -2.21. The molecule has 79 heavy (non-hydrogen) atoms. The lowest BCUT2D eigenvalue weighted by atomic mass is 9.90. The molecule has 0 radical (unpaired) electrons. The zero-order valence-electron chi connectivity index (χ0n) is 48.7. The van der Waals surface area contributed by atoms with Crippen molar-refractivity contribution in [3.8, 4) is 22.5 Å². The molecule has 17 heteroatoms. The van der Waals surface area contributed by atoms with E-state index in [0.29, 0.717) is 51.9 Å². The zero-order valence-corrected chi connectivity index (χ0v) is 50.4. The first-order valence-corrected chi connectivity index (χ1v) is 31.6. The number of nitrogens with one attached hydrogen (secondary N) is 2. The number of hydrogen-bond acceptors (Lipinski definition) is 12. The van der Waals surface area contributed by atoms with Crippen LogP contribution in [0.4, 0.5) is 11.4 Å². The summed E-state index contributed by atoms with van der Waals surface area (Å²) < 4.78 is 43.2. The van der Waals surface area contributed by atoms with Gasteiger partial charge in [0.1, 0.15) is 32.0 Å². The zero-order chi connectivity index (χ0) is 57.3. The first-order valence-electron chi connectivity index (χ1n) is 29.7. The monoisotopic (exact) mass is 1130 g/mol. The maximum atomic E-state index is 13.1. The van der Waals surface area contributed by atoms with Gasteiger partial charge >= 0.3 is 19.8 Å². The van der Waals surface area contributed by atoms with Crippen LogP contribution in [0.3, 0.4) is 0 Å². The molecule has 1 unspecified atom stereocenters. The summed E-state index contributed by atoms with van der Waals surface area (Å²) in [7, 11) is 3.03. The smallest absolute Gasteiger partial charge is 0.472 e. The van der Waals surface area contributed by atoms with Crippen LogP contribution in [0.15, 0.2) is 59.0 Å². The molecule has 2 aliphatic rings. The molecule has 1 aliphatic carbocycles. The summed E-state index contributed by atoms with van der Waals surface area (Å²) in [5, 5.41) is 20.4. The normalized spacial score (nSPS) is 12.5. The van der Waals surface area contributed by atoms with Crippen molar-refractivity contribution in [2.24, 2.45) is 0 Å². The van der Waals surface area contributed by atoms with Crippen molar-refractivity contribution in [3.05, 3.63) is 65.5 Å². The van der Waals surface area contributed by atoms with Gasteiger partial charge in [-0.1, -0.05) is 174 Å². The van der Waals surface area contributed by atoms with E-state index in [1.807, 2.05) is 74.1 Å². The standard InChI is InChI=1S/C62H95N4O11PS/c1-7-9-11-13-15-17-19-21-23-25-27-29-31-33-58(67)73-46-51(76-59(68)34-32-30-28-26-24-22-20-18-16-14-12-10-8-2)47-75-78(71,72)74-42-41-63-62(79)64-48-35-38-52(61(69)70)55(43-48)60-53-39-36-49(65(3)4)44-56(53)77-57-45-50(66(5)6)37-40-54(57)60/h35-40,43-45,51H,7-34,41-42,46-47H2,1-6H3,(H3-,63,64,69,70,71,72,79)/t51-/m1/s1. The van der Waals surface area contributed by atoms with E-state index < -0.39 is 38.4 Å². The van der Waals surface area contributed by atoms with Gasteiger partial charge in [-0.15, -0.1) is 0 Å². The summed E-state index contributed by atoms with van der Waals surface area (Å²) in [5.74, 6) is -1.73. The summed E-state index contributed by atoms with van der Waals surface area (Å²) >= 11 is 5.57. The Kier molecular flexibility index (Phi) is 32.0. The lowest BCUT2D eigenvalue weighted by molar-refractivity contribution is -0.255. The fraction of sp³-hybridized carbons (Fsp3) is 0.629. The third kappa shape index (κ3) is 26.1. The Hall–Kier alpha value is -4.86. The summed E-state index contributed by atoms with van der Waals surface area (Å²) in [5.41, 5.74) is 3.60. The number of carbonyl (C=O) groups excluding carboxylic acids is 3. The van der Waals surface area contributed by atoms with E-state index in [0.717, 1.165) is 49.6 Å². The number of nitrogens with zero attached hydrogens (tertiary/aromatic N) is 2. The minimum Gasteiger partial charge on any atom is -0.545 e. The number of benzene rings is 3. The molecule has 0 spiro atoms. The highest BCUT2D eigenvalue weighted by atomic mass is 32.1. The van der Waals surface area contributed by atoms with Gasteiger partial charge in [0.15, 0.2) is 11.2 Å². The highest BCUT2D eigenvalue weighted by molar-refractivity contribution is 7.80. The van der Waals surface area contributed by atoms with Crippen LogP contribution in [0.25, 0.3) is 33.4 Å². The van der Waals surface area contributed by atoms with Gasteiger partial charge in [0.25, 0.3) is 0 Å². The van der Waals surface area contributed by atoms with Crippen molar-refractivity contribution >= 4 is 65.4 Å². The van der Waals surface area contributed by atoms with Crippen molar-refractivity contribution in [2.75, 3.05) is 64.8 Å². The Labute approximate surface area is 477 Å². The number of unbranched alkanes of at least 4 members (excludes halogenated alkanes) is 24. The van der Waals surface area contributed by atoms with Crippen molar-refractivity contribution in [1.29, 1.82) is 0 Å². The molecular weight excluding hydrogens is 1040 g/mol. The van der Waals surface area contributed by atoms with Gasteiger partial charge in [0.05, 0.1) is 25.2 Å². The molecule has 2 atom stereocenters. The first kappa shape index (κ1) is 66.7. The molecule has 0 fully saturated rings. The predicted molar refractivity (Wildman–Crippen MR) is 321 cm³/mol. The Morgan fingerprint density at radius 2 is 1.23 bits per heavy atom. The number of aromatic carboxylic acids is 1. The predicted octanol–water partition coefficient (Wildman–Crippen LogP) is 13.5. The maximum Gasteiger partial charge on any atom is 0.472 e. The highest BCUT2D eigenvalue weighted by Crippen LogP contribution is 2.44. The lowest BCUT2D eigenvalue weighted by Crippen LogP contribution is -2.31. The van der Waals surface area contributed by atoms with Crippen LogP contribution >= 0.6 is 20.0 Å². The molecule has 0 saturated carbocycles. The summed E-state index contributed by atoms with van der Waals surface area (Å²) in [6.07, 6.45) is 30.0. The number of rotatable bonds is 42. The third-order valence-electron chi connectivity index (χ3n) is 14.3. The molecule has 15 nitrogen and oxygen atoms in total. The fourth-order valence-corrected chi connectivity index (χ4v) is 10.6. The summed E-state index contributed by atoms with van der Waals surface area (Å²) in [4.78, 5) is 51.0. The van der Waals surface area contributed by atoms with Crippen molar-refractivity contribution < 1.29 is 51.9 Å². The number of carboxylic acids is 1. The molecule has 2 aromatic carbocycles. The van der Waals surface area contributed by atoms with Gasteiger partial charge in [-0.3, -0.25) is 18.6 Å². The molecule has 0 saturated heterocycles. The number of ether oxygens (including phenoxy) is 2. The molecule has 1 aliphatic heterocycles. The van der Waals surface area contributed by atoms with Gasteiger partial charge in [0, 0.05) is 79.1 Å². The van der Waals surface area contributed by atoms with Crippen molar-refractivity contribution in [3.63, 3.8) is 0 Å². The van der Waals surface area contributed by atoms with Gasteiger partial charge in [-0.05, 0) is 61.0 Å². The van der Waals surface area contributed by atoms with Crippen LogP contribution in [0.2, 0.25) is 0 Å². The van der Waals surface area contributed by atoms with Crippen molar-refractivity contribution in [2.45, 2.75) is 200 Å². The van der Waals surface area contributed by atoms with Gasteiger partial charge in [-0.2, -0.15) is 0 Å². The van der Waals surface area contributed by atoms with E-state index in [9.17, 15) is 28.9 Å². The number of carboxylic acid groups (broad SMARTS) is 1. The molecule has 1 heterocycles. The topological polar surface area (TPSA) is 192 Å². The average molecular weight is 1140 g/mol. The summed E-state index contributed by atoms with van der Waals surface area (Å²) in [6, 6.07) is 16.2. The fourth-order valence-electron chi connectivity index (χ4n) is 9.63. The Balaban J connectivity index is 1.28. The van der Waals surface area contributed by atoms with E-state index in [1.165, 1.54) is 122 Å². The summed E-state index contributed by atoms with van der Waals surface area (Å²) in [6.45, 7) is 3.30. The second-order valence-electron chi connectivity index (χ2n) is 21.4. The maximum absolute atomic E-state index is 13.1.